The van der Waals surface area contributed by atoms with Gasteiger partial charge in [-0.2, -0.15) is 0 Å². The molecule has 1 heterocycles. The Labute approximate surface area is 97.9 Å². The summed E-state index contributed by atoms with van der Waals surface area (Å²) in [5, 5.41) is 0. The van der Waals surface area contributed by atoms with E-state index in [1.807, 2.05) is 6.92 Å². The van der Waals surface area contributed by atoms with Crippen LogP contribution in [0.25, 0.3) is 0 Å². The van der Waals surface area contributed by atoms with Crippen LogP contribution in [-0.4, -0.2) is 4.98 Å². The van der Waals surface area contributed by atoms with Gasteiger partial charge in [-0.05, 0) is 31.2 Å². The summed E-state index contributed by atoms with van der Waals surface area (Å²) < 4.78 is 31.3. The molecule has 0 saturated heterocycles. The quantitative estimate of drug-likeness (QED) is 0.814. The van der Waals surface area contributed by atoms with Gasteiger partial charge in [0.25, 0.3) is 0 Å². The summed E-state index contributed by atoms with van der Waals surface area (Å²) in [5.41, 5.74) is 1.19. The van der Waals surface area contributed by atoms with Crippen LogP contribution in [0.3, 0.4) is 0 Å². The number of hydrogen-bond donors (Lipinski definition) is 0. The first-order chi connectivity index (χ1) is 8.15. The van der Waals surface area contributed by atoms with Crippen LogP contribution >= 0.6 is 0 Å². The third kappa shape index (κ3) is 3.00. The second-order valence-corrected chi connectivity index (χ2v) is 3.66. The molecular formula is C13H11F2NO. The molecule has 0 saturated carbocycles. The Bertz CT molecular complexity index is 511. The Balaban J connectivity index is 2.04. The third-order valence-corrected chi connectivity index (χ3v) is 2.29. The number of rotatable bonds is 3. The van der Waals surface area contributed by atoms with Crippen LogP contribution in [0.2, 0.25) is 0 Å². The van der Waals surface area contributed by atoms with Crippen LogP contribution in [-0.2, 0) is 6.61 Å². The smallest absolute Gasteiger partial charge is 0.138 e. The average molecular weight is 235 g/mol. The van der Waals surface area contributed by atoms with Gasteiger partial charge in [0.1, 0.15) is 24.0 Å². The van der Waals surface area contributed by atoms with E-state index in [-0.39, 0.29) is 6.61 Å². The van der Waals surface area contributed by atoms with Crippen LogP contribution in [0, 0.1) is 18.6 Å². The summed E-state index contributed by atoms with van der Waals surface area (Å²) in [6, 6.07) is 6.97. The molecule has 0 bridgehead atoms. The molecule has 0 fully saturated rings. The van der Waals surface area contributed by atoms with Gasteiger partial charge in [-0.1, -0.05) is 0 Å². The number of aryl methyl sites for hydroxylation is 1. The largest absolute Gasteiger partial charge is 0.487 e. The van der Waals surface area contributed by atoms with Crippen LogP contribution in [0.15, 0.2) is 36.5 Å². The van der Waals surface area contributed by atoms with E-state index in [1.54, 1.807) is 18.3 Å². The van der Waals surface area contributed by atoms with Gasteiger partial charge in [0, 0.05) is 17.3 Å². The second kappa shape index (κ2) is 4.91. The van der Waals surface area contributed by atoms with E-state index in [9.17, 15) is 8.78 Å². The minimum Gasteiger partial charge on any atom is -0.487 e. The topological polar surface area (TPSA) is 22.1 Å². The molecule has 0 spiro atoms. The van der Waals surface area contributed by atoms with Crippen LogP contribution < -0.4 is 4.74 Å². The van der Waals surface area contributed by atoms with Crippen molar-refractivity contribution in [2.45, 2.75) is 13.5 Å². The number of benzene rings is 1. The molecule has 0 aliphatic carbocycles. The van der Waals surface area contributed by atoms with Crippen molar-refractivity contribution in [2.75, 3.05) is 0 Å². The molecular weight excluding hydrogens is 224 g/mol. The monoisotopic (exact) mass is 235 g/mol. The van der Waals surface area contributed by atoms with Gasteiger partial charge in [0.05, 0.1) is 6.20 Å². The Kier molecular flexibility index (Phi) is 3.32. The number of nitrogens with zero attached hydrogens (tertiary/aromatic N) is 1. The molecule has 0 radical (unpaired) electrons. The molecule has 4 heteroatoms. The van der Waals surface area contributed by atoms with Gasteiger partial charge in [-0.3, -0.25) is 4.98 Å². The minimum atomic E-state index is -0.606. The van der Waals surface area contributed by atoms with E-state index in [4.69, 9.17) is 4.74 Å². The predicted octanol–water partition coefficient (Wildman–Crippen LogP) is 3.25. The predicted molar refractivity (Wildman–Crippen MR) is 59.7 cm³/mol. The molecule has 2 aromatic rings. The lowest BCUT2D eigenvalue weighted by Gasteiger charge is -2.06. The van der Waals surface area contributed by atoms with Gasteiger partial charge in [-0.25, -0.2) is 8.78 Å². The first-order valence-electron chi connectivity index (χ1n) is 5.14. The molecule has 2 rings (SSSR count). The van der Waals surface area contributed by atoms with Crippen LogP contribution in [0.5, 0.6) is 5.75 Å². The summed E-state index contributed by atoms with van der Waals surface area (Å²) in [4.78, 5) is 4.05. The SMILES string of the molecule is Cc1ccc(OCc2ccc(F)cc2F)cn1. The lowest BCUT2D eigenvalue weighted by Crippen LogP contribution is -1.99. The van der Waals surface area contributed by atoms with Crippen molar-refractivity contribution in [1.82, 2.24) is 4.98 Å². The van der Waals surface area contributed by atoms with Crippen molar-refractivity contribution in [1.29, 1.82) is 0 Å². The van der Waals surface area contributed by atoms with Gasteiger partial charge in [0.2, 0.25) is 0 Å². The fourth-order valence-corrected chi connectivity index (χ4v) is 1.34. The highest BCUT2D eigenvalue weighted by molar-refractivity contribution is 5.22. The van der Waals surface area contributed by atoms with Crippen molar-refractivity contribution < 1.29 is 13.5 Å². The molecule has 0 aliphatic rings. The summed E-state index contributed by atoms with van der Waals surface area (Å²) in [6.07, 6.45) is 1.57. The molecule has 0 aliphatic heterocycles. The fraction of sp³-hybridized carbons (Fsp3) is 0.154. The number of hydrogen-bond acceptors (Lipinski definition) is 2. The number of halogens is 2. The van der Waals surface area contributed by atoms with Crippen LogP contribution in [0.1, 0.15) is 11.3 Å². The Hall–Kier alpha value is -1.97. The highest BCUT2D eigenvalue weighted by Crippen LogP contribution is 2.14. The zero-order valence-corrected chi connectivity index (χ0v) is 9.28. The maximum Gasteiger partial charge on any atom is 0.138 e. The number of pyridine rings is 1. The standard InChI is InChI=1S/C13H11F2NO/c1-9-2-5-12(7-16-9)17-8-10-3-4-11(14)6-13(10)15/h2-7H,8H2,1H3. The van der Waals surface area contributed by atoms with Crippen molar-refractivity contribution in [3.8, 4) is 5.75 Å². The maximum atomic E-state index is 13.3. The van der Waals surface area contributed by atoms with E-state index < -0.39 is 11.6 Å². The van der Waals surface area contributed by atoms with Gasteiger partial charge in [-0.15, -0.1) is 0 Å². The van der Waals surface area contributed by atoms with Crippen molar-refractivity contribution in [2.24, 2.45) is 0 Å². The van der Waals surface area contributed by atoms with Crippen molar-refractivity contribution in [3.63, 3.8) is 0 Å². The first kappa shape index (κ1) is 11.5. The molecule has 0 N–H and O–H groups in total. The Morgan fingerprint density at radius 2 is 2.00 bits per heavy atom. The van der Waals surface area contributed by atoms with E-state index in [2.05, 4.69) is 4.98 Å². The third-order valence-electron chi connectivity index (χ3n) is 2.29. The normalized spacial score (nSPS) is 10.3. The summed E-state index contributed by atoms with van der Waals surface area (Å²) >= 11 is 0. The first-order valence-corrected chi connectivity index (χ1v) is 5.14. The molecule has 1 aromatic carbocycles. The van der Waals surface area contributed by atoms with E-state index in [0.717, 1.165) is 11.8 Å². The summed E-state index contributed by atoms with van der Waals surface area (Å²) in [7, 11) is 0. The molecule has 0 amide bonds. The zero-order chi connectivity index (χ0) is 12.3. The Morgan fingerprint density at radius 3 is 2.65 bits per heavy atom. The molecule has 17 heavy (non-hydrogen) atoms. The minimum absolute atomic E-state index is 0.0524. The van der Waals surface area contributed by atoms with Crippen molar-refractivity contribution in [3.05, 3.63) is 59.4 Å². The van der Waals surface area contributed by atoms with Crippen LogP contribution in [0.4, 0.5) is 8.78 Å². The molecule has 88 valence electrons. The maximum absolute atomic E-state index is 13.3. The van der Waals surface area contributed by atoms with E-state index in [0.29, 0.717) is 11.3 Å². The summed E-state index contributed by atoms with van der Waals surface area (Å²) in [6.45, 7) is 1.92. The van der Waals surface area contributed by atoms with Gasteiger partial charge in [0.15, 0.2) is 0 Å². The van der Waals surface area contributed by atoms with Crippen molar-refractivity contribution >= 4 is 0 Å². The number of aromatic nitrogens is 1. The van der Waals surface area contributed by atoms with E-state index in [1.165, 1.54) is 12.1 Å². The summed E-state index contributed by atoms with van der Waals surface area (Å²) in [5.74, 6) is -0.646. The fourth-order valence-electron chi connectivity index (χ4n) is 1.34. The highest BCUT2D eigenvalue weighted by atomic mass is 19.1. The highest BCUT2D eigenvalue weighted by Gasteiger charge is 2.04. The van der Waals surface area contributed by atoms with Gasteiger partial charge >= 0.3 is 0 Å². The zero-order valence-electron chi connectivity index (χ0n) is 9.28. The molecule has 1 aromatic heterocycles. The second-order valence-electron chi connectivity index (χ2n) is 3.66. The van der Waals surface area contributed by atoms with Gasteiger partial charge < -0.3 is 4.74 Å². The lowest BCUT2D eigenvalue weighted by molar-refractivity contribution is 0.298. The van der Waals surface area contributed by atoms with E-state index >= 15 is 0 Å². The molecule has 0 unspecified atom stereocenters. The Morgan fingerprint density at radius 1 is 1.18 bits per heavy atom. The number of ether oxygens (including phenoxy) is 1. The molecule has 0 atom stereocenters. The molecule has 2 nitrogen and oxygen atoms in total. The lowest BCUT2D eigenvalue weighted by atomic mass is 10.2. The average Bonchev–Trinajstić information content (AvgIpc) is 2.30.